The average Bonchev–Trinajstić information content (AvgIpc) is 2.27. The van der Waals surface area contributed by atoms with Gasteiger partial charge >= 0.3 is 5.69 Å². The third-order valence-corrected chi connectivity index (χ3v) is 2.55. The second-order valence-corrected chi connectivity index (χ2v) is 4.19. The summed E-state index contributed by atoms with van der Waals surface area (Å²) in [7, 11) is 1.39. The van der Waals surface area contributed by atoms with Crippen molar-refractivity contribution in [2.45, 2.75) is 19.3 Å². The van der Waals surface area contributed by atoms with E-state index >= 15 is 0 Å². The van der Waals surface area contributed by atoms with E-state index in [1.807, 2.05) is 13.8 Å². The Morgan fingerprint density at radius 1 is 1.50 bits per heavy atom. The molecule has 16 heavy (non-hydrogen) atoms. The van der Waals surface area contributed by atoms with Gasteiger partial charge < -0.3 is 9.84 Å². The standard InChI is InChI=1S/C11H15NO4/c1-11(2,7-13)8-4-5-9(12(14)15)10(6-8)16-3/h4-6,13H,7H2,1-3H3. The van der Waals surface area contributed by atoms with Gasteiger partial charge in [0.05, 0.1) is 18.6 Å². The van der Waals surface area contributed by atoms with Crippen LogP contribution in [0.25, 0.3) is 0 Å². The van der Waals surface area contributed by atoms with E-state index in [0.717, 1.165) is 5.56 Å². The van der Waals surface area contributed by atoms with Gasteiger partial charge in [0, 0.05) is 11.5 Å². The first kappa shape index (κ1) is 12.4. The van der Waals surface area contributed by atoms with Gasteiger partial charge in [-0.05, 0) is 11.6 Å². The molecule has 5 nitrogen and oxygen atoms in total. The van der Waals surface area contributed by atoms with Crippen LogP contribution >= 0.6 is 0 Å². The van der Waals surface area contributed by atoms with Crippen LogP contribution < -0.4 is 4.74 Å². The second kappa shape index (κ2) is 4.49. The minimum absolute atomic E-state index is 0.0338. The minimum Gasteiger partial charge on any atom is -0.490 e. The Hall–Kier alpha value is -1.62. The Bertz CT molecular complexity index is 401. The molecule has 0 heterocycles. The Morgan fingerprint density at radius 3 is 2.56 bits per heavy atom. The van der Waals surface area contributed by atoms with Gasteiger partial charge in [-0.3, -0.25) is 10.1 Å². The highest BCUT2D eigenvalue weighted by atomic mass is 16.6. The maximum atomic E-state index is 10.7. The first-order valence-electron chi connectivity index (χ1n) is 4.86. The summed E-state index contributed by atoms with van der Waals surface area (Å²) >= 11 is 0. The van der Waals surface area contributed by atoms with Crippen LogP contribution in [0.1, 0.15) is 19.4 Å². The number of hydrogen-bond acceptors (Lipinski definition) is 4. The largest absolute Gasteiger partial charge is 0.490 e. The van der Waals surface area contributed by atoms with Crippen LogP contribution in [0.2, 0.25) is 0 Å². The summed E-state index contributed by atoms with van der Waals surface area (Å²) in [6, 6.07) is 4.62. The summed E-state index contributed by atoms with van der Waals surface area (Å²) in [5.74, 6) is 0.212. The molecule has 1 rings (SSSR count). The summed E-state index contributed by atoms with van der Waals surface area (Å²) < 4.78 is 4.96. The zero-order chi connectivity index (χ0) is 12.3. The molecule has 0 bridgehead atoms. The van der Waals surface area contributed by atoms with Gasteiger partial charge in [0.1, 0.15) is 0 Å². The molecular formula is C11H15NO4. The van der Waals surface area contributed by atoms with Gasteiger partial charge in [-0.2, -0.15) is 0 Å². The molecule has 0 aliphatic heterocycles. The molecule has 5 heteroatoms. The Kier molecular flexibility index (Phi) is 3.49. The van der Waals surface area contributed by atoms with E-state index in [0.29, 0.717) is 0 Å². The highest BCUT2D eigenvalue weighted by Crippen LogP contribution is 2.32. The van der Waals surface area contributed by atoms with Crippen LogP contribution in [-0.2, 0) is 5.41 Å². The van der Waals surface area contributed by atoms with Crippen molar-refractivity contribution in [2.24, 2.45) is 0 Å². The van der Waals surface area contributed by atoms with E-state index in [1.165, 1.54) is 13.2 Å². The number of aliphatic hydroxyl groups excluding tert-OH is 1. The molecule has 1 N–H and O–H groups in total. The van der Waals surface area contributed by atoms with Gasteiger partial charge in [0.25, 0.3) is 0 Å². The molecule has 88 valence electrons. The summed E-state index contributed by atoms with van der Waals surface area (Å²) in [6.07, 6.45) is 0. The van der Waals surface area contributed by atoms with Gasteiger partial charge in [0.2, 0.25) is 0 Å². The number of rotatable bonds is 4. The van der Waals surface area contributed by atoms with Crippen molar-refractivity contribution < 1.29 is 14.8 Å². The van der Waals surface area contributed by atoms with Gasteiger partial charge in [0.15, 0.2) is 5.75 Å². The van der Waals surface area contributed by atoms with Gasteiger partial charge in [-0.1, -0.05) is 19.9 Å². The molecule has 0 spiro atoms. The Balaban J connectivity index is 3.24. The maximum Gasteiger partial charge on any atom is 0.310 e. The monoisotopic (exact) mass is 225 g/mol. The molecule has 0 unspecified atom stereocenters. The van der Waals surface area contributed by atoms with Crippen LogP contribution in [0.3, 0.4) is 0 Å². The fourth-order valence-electron chi connectivity index (χ4n) is 1.34. The Morgan fingerprint density at radius 2 is 2.12 bits per heavy atom. The molecule has 0 aliphatic carbocycles. The molecule has 0 aliphatic rings. The number of methoxy groups -OCH3 is 1. The normalized spacial score (nSPS) is 11.2. The SMILES string of the molecule is COc1cc(C(C)(C)CO)ccc1[N+](=O)[O-]. The molecule has 0 saturated carbocycles. The van der Waals surface area contributed by atoms with Crippen LogP contribution in [0.4, 0.5) is 5.69 Å². The molecule has 1 aromatic carbocycles. The lowest BCUT2D eigenvalue weighted by Gasteiger charge is -2.22. The van der Waals surface area contributed by atoms with E-state index < -0.39 is 10.3 Å². The highest BCUT2D eigenvalue weighted by molar-refractivity contribution is 5.49. The first-order valence-corrected chi connectivity index (χ1v) is 4.86. The zero-order valence-electron chi connectivity index (χ0n) is 9.56. The van der Waals surface area contributed by atoms with E-state index in [-0.39, 0.29) is 18.0 Å². The van der Waals surface area contributed by atoms with Crippen molar-refractivity contribution in [2.75, 3.05) is 13.7 Å². The van der Waals surface area contributed by atoms with Crippen molar-refractivity contribution in [1.82, 2.24) is 0 Å². The highest BCUT2D eigenvalue weighted by Gasteiger charge is 2.23. The van der Waals surface area contributed by atoms with Crippen molar-refractivity contribution in [3.8, 4) is 5.75 Å². The molecule has 0 fully saturated rings. The number of nitro benzene ring substituents is 1. The predicted octanol–water partition coefficient (Wildman–Crippen LogP) is 1.87. The number of hydrogen-bond donors (Lipinski definition) is 1. The summed E-state index contributed by atoms with van der Waals surface area (Å²) in [6.45, 7) is 3.68. The van der Waals surface area contributed by atoms with Crippen molar-refractivity contribution in [3.05, 3.63) is 33.9 Å². The fourth-order valence-corrected chi connectivity index (χ4v) is 1.34. The number of nitro groups is 1. The molecule has 0 amide bonds. The lowest BCUT2D eigenvalue weighted by Crippen LogP contribution is -2.22. The maximum absolute atomic E-state index is 10.7. The molecule has 0 radical (unpaired) electrons. The third kappa shape index (κ3) is 2.30. The lowest BCUT2D eigenvalue weighted by molar-refractivity contribution is -0.385. The minimum atomic E-state index is -0.492. The predicted molar refractivity (Wildman–Crippen MR) is 59.8 cm³/mol. The number of ether oxygens (including phenoxy) is 1. The molecule has 0 aromatic heterocycles. The zero-order valence-corrected chi connectivity index (χ0v) is 9.56. The van der Waals surface area contributed by atoms with Crippen LogP contribution in [-0.4, -0.2) is 23.7 Å². The number of benzene rings is 1. The van der Waals surface area contributed by atoms with Crippen LogP contribution in [0.5, 0.6) is 5.75 Å². The summed E-state index contributed by atoms with van der Waals surface area (Å²) in [4.78, 5) is 10.2. The Labute approximate surface area is 93.8 Å². The number of aliphatic hydroxyl groups is 1. The quantitative estimate of drug-likeness (QED) is 0.627. The van der Waals surface area contributed by atoms with E-state index in [1.54, 1.807) is 12.1 Å². The van der Waals surface area contributed by atoms with Crippen molar-refractivity contribution in [3.63, 3.8) is 0 Å². The van der Waals surface area contributed by atoms with Crippen LogP contribution in [0.15, 0.2) is 18.2 Å². The van der Waals surface area contributed by atoms with E-state index in [9.17, 15) is 15.2 Å². The van der Waals surface area contributed by atoms with Crippen LogP contribution in [0, 0.1) is 10.1 Å². The molecule has 0 saturated heterocycles. The average molecular weight is 225 g/mol. The topological polar surface area (TPSA) is 72.6 Å². The van der Waals surface area contributed by atoms with E-state index in [4.69, 9.17) is 4.74 Å². The summed E-state index contributed by atoms with van der Waals surface area (Å²) in [5.41, 5.74) is 0.292. The second-order valence-electron chi connectivity index (χ2n) is 4.19. The van der Waals surface area contributed by atoms with E-state index in [2.05, 4.69) is 0 Å². The molecule has 0 atom stereocenters. The number of nitrogens with zero attached hydrogens (tertiary/aromatic N) is 1. The van der Waals surface area contributed by atoms with Crippen molar-refractivity contribution in [1.29, 1.82) is 0 Å². The smallest absolute Gasteiger partial charge is 0.310 e. The molecular weight excluding hydrogens is 210 g/mol. The van der Waals surface area contributed by atoms with Gasteiger partial charge in [-0.25, -0.2) is 0 Å². The fraction of sp³-hybridized carbons (Fsp3) is 0.455. The third-order valence-electron chi connectivity index (χ3n) is 2.55. The summed E-state index contributed by atoms with van der Waals surface area (Å²) in [5, 5.41) is 19.9. The van der Waals surface area contributed by atoms with Gasteiger partial charge in [-0.15, -0.1) is 0 Å². The van der Waals surface area contributed by atoms with Crippen molar-refractivity contribution >= 4 is 5.69 Å². The molecule has 1 aromatic rings. The first-order chi connectivity index (χ1) is 7.42. The lowest BCUT2D eigenvalue weighted by atomic mass is 9.85.